The van der Waals surface area contributed by atoms with E-state index in [0.717, 1.165) is 10.6 Å². The summed E-state index contributed by atoms with van der Waals surface area (Å²) in [6.45, 7) is 0. The van der Waals surface area contributed by atoms with Crippen LogP contribution >= 0.6 is 23.2 Å². The van der Waals surface area contributed by atoms with Crippen LogP contribution in [0.1, 0.15) is 19.8 Å². The van der Waals surface area contributed by atoms with Crippen LogP contribution in [0.5, 0.6) is 0 Å². The van der Waals surface area contributed by atoms with Gasteiger partial charge in [-0.15, -0.1) is 0 Å². The van der Waals surface area contributed by atoms with Gasteiger partial charge < -0.3 is 0 Å². The van der Waals surface area contributed by atoms with E-state index in [1.165, 1.54) is 4.43 Å². The van der Waals surface area contributed by atoms with E-state index in [2.05, 4.69) is 0 Å². The quantitative estimate of drug-likeness (QED) is 0.420. The van der Waals surface area contributed by atoms with Crippen molar-refractivity contribution in [2.24, 2.45) is 0 Å². The number of rotatable bonds is 2. The molecule has 1 aromatic carbocycles. The fourth-order valence-electron chi connectivity index (χ4n) is 1.12. The Balaban J connectivity index is 2.41. The molecule has 13 heavy (non-hydrogen) atoms. The Morgan fingerprint density at radius 2 is 2.23 bits per heavy atom. The SMILES string of the molecule is O=C(Cl)c1ccc(Cl)c(C2C[I-]2)c1. The zero-order chi connectivity index (χ0) is 9.42. The molecule has 1 heterocycles. The van der Waals surface area contributed by atoms with Gasteiger partial charge in [0.2, 0.25) is 0 Å². The molecular formula is C9H6Cl2IO-. The number of alkyl halides is 2. The fourth-order valence-corrected chi connectivity index (χ4v) is 3.39. The van der Waals surface area contributed by atoms with E-state index in [1.54, 1.807) is 12.1 Å². The van der Waals surface area contributed by atoms with Gasteiger partial charge in [-0.05, 0) is 0 Å². The standard InChI is InChI=1S/C9H6Cl2IO/c10-7-2-1-5(9(11)13)3-6(7)8-4-12-8/h1-3,8H,4H2/q-1. The summed E-state index contributed by atoms with van der Waals surface area (Å²) < 4.78 is 1.93. The van der Waals surface area contributed by atoms with Crippen molar-refractivity contribution >= 4 is 28.4 Å². The Labute approximate surface area is 96.7 Å². The summed E-state index contributed by atoms with van der Waals surface area (Å²) >= 11 is 11.7. The van der Waals surface area contributed by atoms with Crippen LogP contribution < -0.4 is 21.2 Å². The van der Waals surface area contributed by atoms with Gasteiger partial charge in [-0.1, -0.05) is 0 Å². The molecule has 0 amide bonds. The molecule has 1 atom stereocenters. The van der Waals surface area contributed by atoms with Gasteiger partial charge in [0.15, 0.2) is 0 Å². The van der Waals surface area contributed by atoms with E-state index < -0.39 is 5.24 Å². The molecule has 0 aromatic heterocycles. The van der Waals surface area contributed by atoms with Gasteiger partial charge in [0, 0.05) is 0 Å². The Kier molecular flexibility index (Phi) is 2.81. The number of hydrogen-bond donors (Lipinski definition) is 0. The maximum atomic E-state index is 10.9. The van der Waals surface area contributed by atoms with E-state index in [9.17, 15) is 4.79 Å². The van der Waals surface area contributed by atoms with Crippen LogP contribution in [0, 0.1) is 0 Å². The molecule has 1 unspecified atom stereocenters. The van der Waals surface area contributed by atoms with Crippen molar-refractivity contribution in [2.75, 3.05) is 4.43 Å². The van der Waals surface area contributed by atoms with Gasteiger partial charge in [-0.3, -0.25) is 0 Å². The summed E-state index contributed by atoms with van der Waals surface area (Å²) in [7, 11) is 0. The van der Waals surface area contributed by atoms with Crippen LogP contribution in [0.15, 0.2) is 18.2 Å². The predicted molar refractivity (Wildman–Crippen MR) is 49.2 cm³/mol. The van der Waals surface area contributed by atoms with Crippen molar-refractivity contribution in [1.29, 1.82) is 0 Å². The average molecular weight is 328 g/mol. The number of halogens is 3. The third kappa shape index (κ3) is 2.17. The molecule has 0 N–H and O–H groups in total. The molecule has 0 spiro atoms. The minimum absolute atomic E-state index is 0.307. The van der Waals surface area contributed by atoms with Crippen LogP contribution in [0.3, 0.4) is 0 Å². The molecule has 1 fully saturated rings. The van der Waals surface area contributed by atoms with Crippen molar-refractivity contribution < 1.29 is 26.0 Å². The van der Waals surface area contributed by atoms with E-state index in [0.29, 0.717) is 30.7 Å². The molecule has 1 saturated heterocycles. The van der Waals surface area contributed by atoms with Gasteiger partial charge in [-0.2, -0.15) is 0 Å². The second kappa shape index (κ2) is 3.75. The summed E-state index contributed by atoms with van der Waals surface area (Å²) in [6, 6.07) is 5.26. The zero-order valence-electron chi connectivity index (χ0n) is 6.56. The third-order valence-electron chi connectivity index (χ3n) is 1.87. The minimum atomic E-state index is -0.406. The summed E-state index contributed by atoms with van der Waals surface area (Å²) in [6.07, 6.45) is 0. The molecule has 1 aliphatic heterocycles. The monoisotopic (exact) mass is 327 g/mol. The van der Waals surface area contributed by atoms with E-state index in [4.69, 9.17) is 23.2 Å². The average Bonchev–Trinajstić information content (AvgIpc) is 2.87. The van der Waals surface area contributed by atoms with E-state index in [-0.39, 0.29) is 0 Å². The van der Waals surface area contributed by atoms with Crippen LogP contribution in [0.2, 0.25) is 5.02 Å². The summed E-state index contributed by atoms with van der Waals surface area (Å²) in [5.41, 5.74) is 1.66. The second-order valence-corrected chi connectivity index (χ2v) is 6.80. The molecule has 4 heteroatoms. The van der Waals surface area contributed by atoms with Gasteiger partial charge in [-0.25, -0.2) is 0 Å². The zero-order valence-corrected chi connectivity index (χ0v) is 10.2. The summed E-state index contributed by atoms with van der Waals surface area (Å²) in [5, 5.41) is 0.362. The van der Waals surface area contributed by atoms with E-state index >= 15 is 0 Å². The molecule has 1 aliphatic rings. The summed E-state index contributed by atoms with van der Waals surface area (Å²) in [4.78, 5) is 10.9. The number of carbonyl (C=O) groups is 1. The maximum absolute atomic E-state index is 10.9. The van der Waals surface area contributed by atoms with Gasteiger partial charge in [0.05, 0.1) is 0 Å². The molecule has 0 bridgehead atoms. The molecule has 0 saturated carbocycles. The first kappa shape index (κ1) is 9.74. The molecule has 1 nitrogen and oxygen atoms in total. The van der Waals surface area contributed by atoms with Gasteiger partial charge in [0.1, 0.15) is 0 Å². The van der Waals surface area contributed by atoms with Crippen molar-refractivity contribution in [3.8, 4) is 0 Å². The first-order valence-electron chi connectivity index (χ1n) is 3.75. The normalized spacial score (nSPS) is 20.6. The van der Waals surface area contributed by atoms with Crippen molar-refractivity contribution in [2.45, 2.75) is 3.92 Å². The van der Waals surface area contributed by atoms with Crippen molar-refractivity contribution in [3.63, 3.8) is 0 Å². The molecule has 2 rings (SSSR count). The summed E-state index contributed by atoms with van der Waals surface area (Å²) in [5.74, 6) is 0. The first-order valence-corrected chi connectivity index (χ1v) is 7.28. The number of benzene rings is 1. The predicted octanol–water partition coefficient (Wildman–Crippen LogP) is -0.137. The Hall–Kier alpha value is 0.200. The topological polar surface area (TPSA) is 17.1 Å². The second-order valence-electron chi connectivity index (χ2n) is 2.79. The Morgan fingerprint density at radius 3 is 2.77 bits per heavy atom. The Bertz CT molecular complexity index is 361. The van der Waals surface area contributed by atoms with Gasteiger partial charge >= 0.3 is 97.1 Å². The van der Waals surface area contributed by atoms with Crippen LogP contribution in [0.4, 0.5) is 0 Å². The first-order chi connectivity index (χ1) is 6.18. The third-order valence-corrected chi connectivity index (χ3v) is 4.86. The van der Waals surface area contributed by atoms with Crippen LogP contribution in [-0.2, 0) is 0 Å². The van der Waals surface area contributed by atoms with Crippen molar-refractivity contribution in [1.82, 2.24) is 0 Å². The number of hydrogen-bond acceptors (Lipinski definition) is 1. The van der Waals surface area contributed by atoms with E-state index in [1.807, 2.05) is 6.07 Å². The molecule has 1 aromatic rings. The van der Waals surface area contributed by atoms with Crippen LogP contribution in [0.25, 0.3) is 0 Å². The van der Waals surface area contributed by atoms with Crippen molar-refractivity contribution in [3.05, 3.63) is 34.3 Å². The molecular weight excluding hydrogens is 322 g/mol. The van der Waals surface area contributed by atoms with Crippen LogP contribution in [-0.4, -0.2) is 9.67 Å². The fraction of sp³-hybridized carbons (Fsp3) is 0.222. The Morgan fingerprint density at radius 1 is 1.54 bits per heavy atom. The number of carbonyl (C=O) groups excluding carboxylic acids is 1. The molecule has 0 aliphatic carbocycles. The molecule has 70 valence electrons. The van der Waals surface area contributed by atoms with Gasteiger partial charge in [0.25, 0.3) is 0 Å². The molecule has 0 radical (unpaired) electrons.